The summed E-state index contributed by atoms with van der Waals surface area (Å²) in [5.41, 5.74) is 1.60. The van der Waals surface area contributed by atoms with Crippen molar-refractivity contribution in [3.05, 3.63) is 88.0 Å². The second kappa shape index (κ2) is 12.0. The molecule has 6 nitrogen and oxygen atoms in total. The zero-order valence-electron chi connectivity index (χ0n) is 18.4. The number of nitrogens with zero attached hydrogens (tertiary/aromatic N) is 1. The van der Waals surface area contributed by atoms with Crippen molar-refractivity contribution in [2.24, 2.45) is 0 Å². The third kappa shape index (κ3) is 7.20. The molecule has 0 fully saturated rings. The van der Waals surface area contributed by atoms with Gasteiger partial charge in [-0.15, -0.1) is 0 Å². The smallest absolute Gasteiger partial charge is 0.264 e. The molecule has 3 rings (SSSR count). The van der Waals surface area contributed by atoms with Crippen molar-refractivity contribution in [2.75, 3.05) is 24.0 Å². The average Bonchev–Trinajstić information content (AvgIpc) is 2.83. The van der Waals surface area contributed by atoms with Gasteiger partial charge in [0.1, 0.15) is 12.3 Å². The summed E-state index contributed by atoms with van der Waals surface area (Å²) in [6.07, 6.45) is 1.55. The maximum Gasteiger partial charge on any atom is 0.264 e. The van der Waals surface area contributed by atoms with Gasteiger partial charge in [0.25, 0.3) is 10.0 Å². The molecule has 0 heterocycles. The number of nitrogens with one attached hydrogen (secondary N) is 1. The molecule has 0 saturated carbocycles. The molecule has 1 N–H and O–H groups in total. The third-order valence-corrected chi connectivity index (χ3v) is 7.44. The van der Waals surface area contributed by atoms with Gasteiger partial charge in [0.05, 0.1) is 17.2 Å². The number of aryl methyl sites for hydroxylation is 1. The fraction of sp³-hybridized carbons (Fsp3) is 0.240. The molecule has 8 heteroatoms. The number of anilines is 1. The van der Waals surface area contributed by atoms with Crippen LogP contribution in [-0.4, -0.2) is 34.0 Å². The summed E-state index contributed by atoms with van der Waals surface area (Å²) in [5.74, 6) is 0.490. The van der Waals surface area contributed by atoms with Crippen LogP contribution in [0.15, 0.2) is 83.8 Å². The first kappa shape index (κ1) is 25.0. The molecular formula is C25H27IN2O4S. The van der Waals surface area contributed by atoms with Crippen molar-refractivity contribution >= 4 is 44.2 Å². The molecule has 0 radical (unpaired) electrons. The lowest BCUT2D eigenvalue weighted by atomic mass is 10.1. The minimum absolute atomic E-state index is 0.145. The van der Waals surface area contributed by atoms with Crippen molar-refractivity contribution in [1.29, 1.82) is 0 Å². The second-order valence-electron chi connectivity index (χ2n) is 7.33. The van der Waals surface area contributed by atoms with E-state index in [9.17, 15) is 13.2 Å². The summed E-state index contributed by atoms with van der Waals surface area (Å²) in [4.78, 5) is 12.8. The summed E-state index contributed by atoms with van der Waals surface area (Å²) >= 11 is 2.16. The van der Waals surface area contributed by atoms with Crippen molar-refractivity contribution < 1.29 is 17.9 Å². The normalized spacial score (nSPS) is 11.1. The fourth-order valence-electron chi connectivity index (χ4n) is 3.27. The van der Waals surface area contributed by atoms with E-state index >= 15 is 0 Å². The Morgan fingerprint density at radius 1 is 0.970 bits per heavy atom. The lowest BCUT2D eigenvalue weighted by Crippen LogP contribution is -2.41. The highest BCUT2D eigenvalue weighted by atomic mass is 127. The molecule has 0 unspecified atom stereocenters. The van der Waals surface area contributed by atoms with Gasteiger partial charge in [0.15, 0.2) is 0 Å². The van der Waals surface area contributed by atoms with Crippen LogP contribution in [-0.2, 0) is 21.2 Å². The van der Waals surface area contributed by atoms with Gasteiger partial charge in [-0.05, 0) is 96.5 Å². The van der Waals surface area contributed by atoms with Crippen LogP contribution in [0.4, 0.5) is 5.69 Å². The number of carbonyl (C=O) groups excluding carboxylic acids is 1. The Labute approximate surface area is 209 Å². The highest BCUT2D eigenvalue weighted by molar-refractivity contribution is 14.1. The van der Waals surface area contributed by atoms with Gasteiger partial charge >= 0.3 is 0 Å². The number of ether oxygens (including phenoxy) is 1. The van der Waals surface area contributed by atoms with E-state index < -0.39 is 10.0 Å². The predicted octanol–water partition coefficient (Wildman–Crippen LogP) is 4.63. The molecule has 174 valence electrons. The van der Waals surface area contributed by atoms with E-state index in [1.807, 2.05) is 43.3 Å². The summed E-state index contributed by atoms with van der Waals surface area (Å²) in [5, 5.41) is 2.85. The second-order valence-corrected chi connectivity index (χ2v) is 10.4. The van der Waals surface area contributed by atoms with Gasteiger partial charge in [0.2, 0.25) is 5.91 Å². The van der Waals surface area contributed by atoms with Gasteiger partial charge in [-0.2, -0.15) is 0 Å². The molecule has 1 amide bonds. The van der Waals surface area contributed by atoms with Crippen LogP contribution >= 0.6 is 22.6 Å². The van der Waals surface area contributed by atoms with Crippen molar-refractivity contribution in [1.82, 2.24) is 5.32 Å². The number of rotatable bonds is 11. The van der Waals surface area contributed by atoms with Crippen LogP contribution in [0.25, 0.3) is 0 Å². The molecule has 0 spiro atoms. The monoisotopic (exact) mass is 578 g/mol. The Hall–Kier alpha value is -2.59. The van der Waals surface area contributed by atoms with E-state index in [1.165, 1.54) is 12.1 Å². The lowest BCUT2D eigenvalue weighted by Gasteiger charge is -2.24. The molecular weight excluding hydrogens is 551 g/mol. The quantitative estimate of drug-likeness (QED) is 0.266. The van der Waals surface area contributed by atoms with E-state index in [4.69, 9.17) is 4.74 Å². The van der Waals surface area contributed by atoms with E-state index in [0.29, 0.717) is 18.8 Å². The maximum absolute atomic E-state index is 13.3. The largest absolute Gasteiger partial charge is 0.494 e. The van der Waals surface area contributed by atoms with Crippen molar-refractivity contribution in [3.63, 3.8) is 0 Å². The first-order valence-electron chi connectivity index (χ1n) is 10.7. The van der Waals surface area contributed by atoms with Crippen LogP contribution < -0.4 is 14.4 Å². The predicted molar refractivity (Wildman–Crippen MR) is 139 cm³/mol. The van der Waals surface area contributed by atoms with Crippen molar-refractivity contribution in [2.45, 2.75) is 24.7 Å². The van der Waals surface area contributed by atoms with Crippen LogP contribution in [0.2, 0.25) is 0 Å². The van der Waals surface area contributed by atoms with E-state index in [0.717, 1.165) is 32.0 Å². The number of hydrogen-bond donors (Lipinski definition) is 1. The van der Waals surface area contributed by atoms with Gasteiger partial charge < -0.3 is 10.1 Å². The van der Waals surface area contributed by atoms with Gasteiger partial charge in [-0.3, -0.25) is 9.10 Å². The van der Waals surface area contributed by atoms with Gasteiger partial charge in [-0.1, -0.05) is 30.3 Å². The fourth-order valence-corrected chi connectivity index (χ4v) is 5.07. The molecule has 0 bridgehead atoms. The van der Waals surface area contributed by atoms with E-state index in [-0.39, 0.29) is 17.3 Å². The summed E-state index contributed by atoms with van der Waals surface area (Å²) in [6, 6.07) is 23.1. The average molecular weight is 578 g/mol. The van der Waals surface area contributed by atoms with E-state index in [2.05, 4.69) is 27.9 Å². The minimum atomic E-state index is -3.89. The van der Waals surface area contributed by atoms with Crippen LogP contribution in [0.1, 0.15) is 18.9 Å². The first-order valence-corrected chi connectivity index (χ1v) is 13.2. The zero-order valence-corrected chi connectivity index (χ0v) is 21.4. The Kier molecular flexibility index (Phi) is 9.13. The summed E-state index contributed by atoms with van der Waals surface area (Å²) < 4.78 is 34.1. The Morgan fingerprint density at radius 2 is 1.64 bits per heavy atom. The summed E-state index contributed by atoms with van der Waals surface area (Å²) in [6.45, 7) is 2.74. The zero-order chi connectivity index (χ0) is 23.7. The van der Waals surface area contributed by atoms with Crippen LogP contribution in [0.3, 0.4) is 0 Å². The minimum Gasteiger partial charge on any atom is -0.494 e. The highest BCUT2D eigenvalue weighted by Crippen LogP contribution is 2.24. The molecule has 0 aromatic heterocycles. The molecule has 0 aliphatic heterocycles. The number of halogens is 1. The number of carbonyl (C=O) groups is 1. The molecule has 0 atom stereocenters. The maximum atomic E-state index is 13.3. The molecule has 33 heavy (non-hydrogen) atoms. The molecule has 3 aromatic carbocycles. The third-order valence-electron chi connectivity index (χ3n) is 4.93. The number of sulfonamides is 1. The first-order chi connectivity index (χ1) is 15.9. The SMILES string of the molecule is CCOc1ccc(CCCNC(=O)CN(c2ccc(I)cc2)S(=O)(=O)c2ccccc2)cc1. The van der Waals surface area contributed by atoms with Crippen LogP contribution in [0.5, 0.6) is 5.75 Å². The van der Waals surface area contributed by atoms with Crippen molar-refractivity contribution in [3.8, 4) is 5.75 Å². The highest BCUT2D eigenvalue weighted by Gasteiger charge is 2.26. The topological polar surface area (TPSA) is 75.7 Å². The number of benzene rings is 3. The van der Waals surface area contributed by atoms with E-state index in [1.54, 1.807) is 30.3 Å². The molecule has 0 aliphatic carbocycles. The molecule has 0 saturated heterocycles. The Bertz CT molecular complexity index is 1140. The summed E-state index contributed by atoms with van der Waals surface area (Å²) in [7, 11) is -3.89. The Balaban J connectivity index is 1.62. The van der Waals surface area contributed by atoms with Gasteiger partial charge in [-0.25, -0.2) is 8.42 Å². The molecule has 0 aliphatic rings. The molecule has 3 aromatic rings. The lowest BCUT2D eigenvalue weighted by molar-refractivity contribution is -0.119. The Morgan fingerprint density at radius 3 is 2.27 bits per heavy atom. The number of hydrogen-bond acceptors (Lipinski definition) is 4. The van der Waals surface area contributed by atoms with Gasteiger partial charge in [0, 0.05) is 10.1 Å². The number of amides is 1. The standard InChI is InChI=1S/C25H27IN2O4S/c1-2-32-23-16-10-20(11-17-23)7-6-18-27-25(29)19-28(22-14-12-21(26)13-15-22)33(30,31)24-8-4-3-5-9-24/h3-5,8-17H,2,6-7,18-19H2,1H3,(H,27,29). The van der Waals surface area contributed by atoms with Crippen LogP contribution in [0, 0.1) is 3.57 Å².